The summed E-state index contributed by atoms with van der Waals surface area (Å²) in [6, 6.07) is 3.16. The molecule has 0 aromatic carbocycles. The van der Waals surface area contributed by atoms with E-state index in [1.165, 1.54) is 6.07 Å². The van der Waals surface area contributed by atoms with Gasteiger partial charge >= 0.3 is 0 Å². The van der Waals surface area contributed by atoms with Gasteiger partial charge in [-0.2, -0.15) is 0 Å². The maximum atomic E-state index is 10.7. The van der Waals surface area contributed by atoms with Crippen LogP contribution in [0.1, 0.15) is 18.5 Å². The van der Waals surface area contributed by atoms with Crippen molar-refractivity contribution in [3.63, 3.8) is 0 Å². The van der Waals surface area contributed by atoms with Crippen molar-refractivity contribution in [3.05, 3.63) is 27.9 Å². The molecule has 6 heteroatoms. The van der Waals surface area contributed by atoms with Crippen LogP contribution in [0.25, 0.3) is 0 Å². The Labute approximate surface area is 105 Å². The molecule has 0 amide bonds. The van der Waals surface area contributed by atoms with Crippen molar-refractivity contribution in [2.24, 2.45) is 5.92 Å². The number of pyridine rings is 1. The molecule has 18 heavy (non-hydrogen) atoms. The third-order valence-electron chi connectivity index (χ3n) is 3.30. The number of rotatable bonds is 3. The summed E-state index contributed by atoms with van der Waals surface area (Å²) < 4.78 is 0. The smallest absolute Gasteiger partial charge is 0.290 e. The predicted molar refractivity (Wildman–Crippen MR) is 66.6 cm³/mol. The molecule has 0 N–H and O–H groups in total. The fourth-order valence-corrected chi connectivity index (χ4v) is 2.17. The molecule has 6 nitrogen and oxygen atoms in total. The zero-order valence-electron chi connectivity index (χ0n) is 10.2. The molecule has 96 valence electrons. The van der Waals surface area contributed by atoms with Crippen LogP contribution in [0, 0.1) is 23.0 Å². The van der Waals surface area contributed by atoms with Crippen molar-refractivity contribution in [2.75, 3.05) is 18.0 Å². The lowest BCUT2D eigenvalue weighted by atomic mass is 9.99. The topological polar surface area (TPSA) is 76.3 Å². The van der Waals surface area contributed by atoms with Crippen molar-refractivity contribution in [1.82, 2.24) is 4.98 Å². The SMILES string of the molecule is Cc1nc(N2CCC(C=O)CC2)ccc1[N+](=O)[O-]. The zero-order valence-corrected chi connectivity index (χ0v) is 10.2. The van der Waals surface area contributed by atoms with Gasteiger partial charge in [-0.1, -0.05) is 0 Å². The highest BCUT2D eigenvalue weighted by molar-refractivity contribution is 5.55. The molecule has 2 heterocycles. The lowest BCUT2D eigenvalue weighted by Gasteiger charge is -2.30. The second-order valence-electron chi connectivity index (χ2n) is 4.49. The Morgan fingerprint density at radius 2 is 2.11 bits per heavy atom. The lowest BCUT2D eigenvalue weighted by Crippen LogP contribution is -2.34. The number of nitrogens with zero attached hydrogens (tertiary/aromatic N) is 3. The molecule has 0 saturated carbocycles. The molecular formula is C12H15N3O3. The minimum absolute atomic E-state index is 0.0431. The Morgan fingerprint density at radius 1 is 1.44 bits per heavy atom. The van der Waals surface area contributed by atoms with Crippen LogP contribution in [0.2, 0.25) is 0 Å². The summed E-state index contributed by atoms with van der Waals surface area (Å²) in [4.78, 5) is 27.3. The van der Waals surface area contributed by atoms with Crippen LogP contribution in [-0.2, 0) is 4.79 Å². The van der Waals surface area contributed by atoms with Gasteiger partial charge in [0.25, 0.3) is 5.69 Å². The number of hydrogen-bond acceptors (Lipinski definition) is 5. The highest BCUT2D eigenvalue weighted by atomic mass is 16.6. The molecule has 2 rings (SSSR count). The van der Waals surface area contributed by atoms with Crippen LogP contribution < -0.4 is 4.90 Å². The monoisotopic (exact) mass is 249 g/mol. The van der Waals surface area contributed by atoms with E-state index in [2.05, 4.69) is 9.88 Å². The number of hydrogen-bond donors (Lipinski definition) is 0. The molecule has 1 fully saturated rings. The standard InChI is InChI=1S/C12H15N3O3/c1-9-11(15(17)18)2-3-12(13-9)14-6-4-10(8-16)5-7-14/h2-3,8,10H,4-7H2,1H3. The van der Waals surface area contributed by atoms with E-state index in [9.17, 15) is 14.9 Å². The summed E-state index contributed by atoms with van der Waals surface area (Å²) in [6.45, 7) is 3.18. The quantitative estimate of drug-likeness (QED) is 0.463. The molecule has 1 saturated heterocycles. The van der Waals surface area contributed by atoms with Crippen LogP contribution >= 0.6 is 0 Å². The fourth-order valence-electron chi connectivity index (χ4n) is 2.17. The average molecular weight is 249 g/mol. The van der Waals surface area contributed by atoms with E-state index in [1.807, 2.05) is 0 Å². The molecule has 0 atom stereocenters. The summed E-state index contributed by atoms with van der Waals surface area (Å²) in [6.07, 6.45) is 2.65. The second-order valence-corrected chi connectivity index (χ2v) is 4.49. The van der Waals surface area contributed by atoms with E-state index in [4.69, 9.17) is 0 Å². The first-order valence-corrected chi connectivity index (χ1v) is 5.94. The Balaban J connectivity index is 2.13. The molecular weight excluding hydrogens is 234 g/mol. The van der Waals surface area contributed by atoms with Crippen LogP contribution in [-0.4, -0.2) is 29.3 Å². The molecule has 1 aromatic heterocycles. The zero-order chi connectivity index (χ0) is 13.1. The van der Waals surface area contributed by atoms with Crippen molar-refractivity contribution in [3.8, 4) is 0 Å². The molecule has 0 unspecified atom stereocenters. The summed E-state index contributed by atoms with van der Waals surface area (Å²) in [5.74, 6) is 0.892. The van der Waals surface area contributed by atoms with Gasteiger partial charge in [0.1, 0.15) is 17.8 Å². The summed E-state index contributed by atoms with van der Waals surface area (Å²) >= 11 is 0. The molecule has 1 aliphatic heterocycles. The number of piperidine rings is 1. The first kappa shape index (κ1) is 12.5. The largest absolute Gasteiger partial charge is 0.357 e. The van der Waals surface area contributed by atoms with Crippen molar-refractivity contribution in [2.45, 2.75) is 19.8 Å². The molecule has 0 spiro atoms. The fraction of sp³-hybridized carbons (Fsp3) is 0.500. The van der Waals surface area contributed by atoms with Crippen LogP contribution in [0.3, 0.4) is 0 Å². The Kier molecular flexibility index (Phi) is 3.55. The van der Waals surface area contributed by atoms with Gasteiger partial charge in [0.2, 0.25) is 0 Å². The third kappa shape index (κ3) is 2.47. The first-order chi connectivity index (χ1) is 8.61. The number of aldehydes is 1. The number of nitro groups is 1. The highest BCUT2D eigenvalue weighted by Gasteiger charge is 2.21. The van der Waals surface area contributed by atoms with Gasteiger partial charge < -0.3 is 9.69 Å². The van der Waals surface area contributed by atoms with E-state index in [1.54, 1.807) is 13.0 Å². The maximum Gasteiger partial charge on any atom is 0.290 e. The van der Waals surface area contributed by atoms with Gasteiger partial charge in [-0.15, -0.1) is 0 Å². The highest BCUT2D eigenvalue weighted by Crippen LogP contribution is 2.24. The average Bonchev–Trinajstić information content (AvgIpc) is 2.38. The lowest BCUT2D eigenvalue weighted by molar-refractivity contribution is -0.385. The van der Waals surface area contributed by atoms with E-state index >= 15 is 0 Å². The van der Waals surface area contributed by atoms with E-state index < -0.39 is 4.92 Å². The van der Waals surface area contributed by atoms with E-state index in [0.29, 0.717) is 5.69 Å². The van der Waals surface area contributed by atoms with Gasteiger partial charge in [-0.05, 0) is 25.8 Å². The molecule has 1 aliphatic rings. The van der Waals surface area contributed by atoms with E-state index in [-0.39, 0.29) is 11.6 Å². The summed E-state index contributed by atoms with van der Waals surface area (Å²) in [7, 11) is 0. The maximum absolute atomic E-state index is 10.7. The first-order valence-electron chi connectivity index (χ1n) is 5.94. The third-order valence-corrected chi connectivity index (χ3v) is 3.30. The second kappa shape index (κ2) is 5.12. The number of carbonyl (C=O) groups is 1. The number of aromatic nitrogens is 1. The van der Waals surface area contributed by atoms with Crippen LogP contribution in [0.15, 0.2) is 12.1 Å². The Hall–Kier alpha value is -1.98. The number of aryl methyl sites for hydroxylation is 1. The summed E-state index contributed by atoms with van der Waals surface area (Å²) in [5.41, 5.74) is 0.469. The predicted octanol–water partition coefficient (Wildman–Crippen LogP) is 1.71. The van der Waals surface area contributed by atoms with Gasteiger partial charge in [0.15, 0.2) is 0 Å². The van der Waals surface area contributed by atoms with Gasteiger partial charge in [-0.25, -0.2) is 4.98 Å². The minimum atomic E-state index is -0.426. The van der Waals surface area contributed by atoms with Gasteiger partial charge in [-0.3, -0.25) is 10.1 Å². The van der Waals surface area contributed by atoms with Gasteiger partial charge in [0.05, 0.1) is 4.92 Å². The van der Waals surface area contributed by atoms with Gasteiger partial charge in [0, 0.05) is 25.1 Å². The molecule has 0 aliphatic carbocycles. The molecule has 0 bridgehead atoms. The van der Waals surface area contributed by atoms with E-state index in [0.717, 1.165) is 38.0 Å². The minimum Gasteiger partial charge on any atom is -0.357 e. The van der Waals surface area contributed by atoms with Crippen molar-refractivity contribution in [1.29, 1.82) is 0 Å². The Morgan fingerprint density at radius 3 is 2.61 bits per heavy atom. The normalized spacial score (nSPS) is 16.6. The van der Waals surface area contributed by atoms with Crippen LogP contribution in [0.5, 0.6) is 0 Å². The number of anilines is 1. The summed E-state index contributed by atoms with van der Waals surface area (Å²) in [5, 5.41) is 10.7. The Bertz CT molecular complexity index is 468. The molecule has 0 radical (unpaired) electrons. The number of carbonyl (C=O) groups excluding carboxylic acids is 1. The van der Waals surface area contributed by atoms with Crippen molar-refractivity contribution >= 4 is 17.8 Å². The van der Waals surface area contributed by atoms with Crippen molar-refractivity contribution < 1.29 is 9.72 Å². The molecule has 1 aromatic rings. The van der Waals surface area contributed by atoms with Crippen LogP contribution in [0.4, 0.5) is 11.5 Å².